The molecule has 29 heavy (non-hydrogen) atoms. The van der Waals surface area contributed by atoms with Crippen LogP contribution in [0.3, 0.4) is 0 Å². The Morgan fingerprint density at radius 1 is 1.03 bits per heavy atom. The number of hydrogen-bond acceptors (Lipinski definition) is 4. The zero-order valence-corrected chi connectivity index (χ0v) is 17.1. The first-order valence-corrected chi connectivity index (χ1v) is 10.8. The maximum Gasteiger partial charge on any atom is 0.234 e. The summed E-state index contributed by atoms with van der Waals surface area (Å²) in [5.74, 6) is 1.07. The van der Waals surface area contributed by atoms with E-state index in [9.17, 15) is 14.0 Å². The number of amides is 2. The third-order valence-electron chi connectivity index (χ3n) is 5.79. The molecule has 160 valence electrons. The van der Waals surface area contributed by atoms with Gasteiger partial charge in [0.05, 0.1) is 13.1 Å². The third kappa shape index (κ3) is 7.31. The Hall–Kier alpha value is -2.15. The van der Waals surface area contributed by atoms with E-state index in [1.807, 2.05) is 4.90 Å². The van der Waals surface area contributed by atoms with Gasteiger partial charge in [0.15, 0.2) is 0 Å². The van der Waals surface area contributed by atoms with Crippen LogP contribution in [0.1, 0.15) is 38.5 Å². The molecule has 7 heteroatoms. The number of ether oxygens (including phenoxy) is 1. The molecule has 0 radical (unpaired) electrons. The zero-order valence-electron chi connectivity index (χ0n) is 17.1. The SMILES string of the molecule is O=C(CN1CCN(C(=O)CC2CCCCC2)CC1)NCCOc1ccc(F)cc1. The van der Waals surface area contributed by atoms with E-state index in [0.29, 0.717) is 50.9 Å². The Balaban J connectivity index is 1.27. The van der Waals surface area contributed by atoms with Crippen LogP contribution in [0, 0.1) is 11.7 Å². The Kier molecular flexibility index (Phi) is 8.28. The lowest BCUT2D eigenvalue weighted by molar-refractivity contribution is -0.134. The molecule has 1 heterocycles. The summed E-state index contributed by atoms with van der Waals surface area (Å²) in [4.78, 5) is 28.6. The van der Waals surface area contributed by atoms with Crippen molar-refractivity contribution in [3.63, 3.8) is 0 Å². The number of hydrogen-bond donors (Lipinski definition) is 1. The molecule has 0 aromatic heterocycles. The maximum atomic E-state index is 12.8. The van der Waals surface area contributed by atoms with Crippen LogP contribution in [0.5, 0.6) is 5.75 Å². The Bertz CT molecular complexity index is 654. The molecule has 1 aromatic rings. The lowest BCUT2D eigenvalue weighted by Gasteiger charge is -2.35. The molecular weight excluding hydrogens is 373 g/mol. The molecule has 1 aliphatic carbocycles. The highest BCUT2D eigenvalue weighted by Gasteiger charge is 2.25. The van der Waals surface area contributed by atoms with Gasteiger partial charge < -0.3 is 15.0 Å². The molecule has 2 aliphatic rings. The van der Waals surface area contributed by atoms with E-state index >= 15 is 0 Å². The molecule has 0 bridgehead atoms. The van der Waals surface area contributed by atoms with Crippen LogP contribution < -0.4 is 10.1 Å². The van der Waals surface area contributed by atoms with Gasteiger partial charge in [-0.15, -0.1) is 0 Å². The predicted molar refractivity (Wildman–Crippen MR) is 109 cm³/mol. The van der Waals surface area contributed by atoms with E-state index in [1.165, 1.54) is 44.2 Å². The summed E-state index contributed by atoms with van der Waals surface area (Å²) in [6.07, 6.45) is 6.90. The average Bonchev–Trinajstić information content (AvgIpc) is 2.74. The summed E-state index contributed by atoms with van der Waals surface area (Å²) < 4.78 is 18.3. The topological polar surface area (TPSA) is 61.9 Å². The van der Waals surface area contributed by atoms with Gasteiger partial charge in [0, 0.05) is 32.6 Å². The van der Waals surface area contributed by atoms with Crippen LogP contribution in [-0.2, 0) is 9.59 Å². The minimum absolute atomic E-state index is 0.0466. The van der Waals surface area contributed by atoms with E-state index in [1.54, 1.807) is 12.1 Å². The van der Waals surface area contributed by atoms with Crippen molar-refractivity contribution in [1.29, 1.82) is 0 Å². The van der Waals surface area contributed by atoms with Gasteiger partial charge in [-0.25, -0.2) is 4.39 Å². The number of benzene rings is 1. The number of rotatable bonds is 8. The lowest BCUT2D eigenvalue weighted by atomic mass is 9.86. The quantitative estimate of drug-likeness (QED) is 0.675. The third-order valence-corrected chi connectivity index (χ3v) is 5.79. The minimum atomic E-state index is -0.304. The van der Waals surface area contributed by atoms with Gasteiger partial charge >= 0.3 is 0 Å². The van der Waals surface area contributed by atoms with E-state index in [4.69, 9.17) is 4.74 Å². The van der Waals surface area contributed by atoms with Crippen LogP contribution in [-0.4, -0.2) is 67.5 Å². The van der Waals surface area contributed by atoms with Gasteiger partial charge in [-0.2, -0.15) is 0 Å². The van der Waals surface area contributed by atoms with Crippen LogP contribution in [0.2, 0.25) is 0 Å². The molecule has 0 spiro atoms. The molecule has 0 atom stereocenters. The molecule has 1 aliphatic heterocycles. The summed E-state index contributed by atoms with van der Waals surface area (Å²) >= 11 is 0. The number of halogens is 1. The van der Waals surface area contributed by atoms with Crippen molar-refractivity contribution < 1.29 is 18.7 Å². The highest BCUT2D eigenvalue weighted by molar-refractivity contribution is 5.78. The molecule has 6 nitrogen and oxygen atoms in total. The van der Waals surface area contributed by atoms with E-state index < -0.39 is 0 Å². The molecule has 0 unspecified atom stereocenters. The molecule has 1 N–H and O–H groups in total. The molecule has 1 saturated heterocycles. The van der Waals surface area contributed by atoms with Crippen molar-refractivity contribution >= 4 is 11.8 Å². The van der Waals surface area contributed by atoms with Gasteiger partial charge in [0.1, 0.15) is 18.2 Å². The van der Waals surface area contributed by atoms with Crippen molar-refractivity contribution in [3.05, 3.63) is 30.1 Å². The summed E-state index contributed by atoms with van der Waals surface area (Å²) in [5.41, 5.74) is 0. The van der Waals surface area contributed by atoms with Gasteiger partial charge in [0.25, 0.3) is 0 Å². The second-order valence-corrected chi connectivity index (χ2v) is 8.02. The average molecular weight is 406 g/mol. The summed E-state index contributed by atoms with van der Waals surface area (Å²) in [6.45, 7) is 3.93. The second-order valence-electron chi connectivity index (χ2n) is 8.02. The predicted octanol–water partition coefficient (Wildman–Crippen LogP) is 2.44. The fourth-order valence-electron chi connectivity index (χ4n) is 4.07. The number of nitrogens with zero attached hydrogens (tertiary/aromatic N) is 2. The molecule has 1 saturated carbocycles. The number of carbonyl (C=O) groups excluding carboxylic acids is 2. The lowest BCUT2D eigenvalue weighted by Crippen LogP contribution is -2.51. The Morgan fingerprint density at radius 2 is 1.72 bits per heavy atom. The normalized spacial score (nSPS) is 18.4. The standard InChI is InChI=1S/C22H32FN3O3/c23-19-6-8-20(9-7-19)29-15-10-24-21(27)17-25-11-13-26(14-12-25)22(28)16-18-4-2-1-3-5-18/h6-9,18H,1-5,10-17H2,(H,24,27). The molecule has 3 rings (SSSR count). The van der Waals surface area contributed by atoms with Crippen LogP contribution in [0.4, 0.5) is 4.39 Å². The summed E-state index contributed by atoms with van der Waals surface area (Å²) in [6, 6.07) is 5.80. The molecule has 2 amide bonds. The molecular formula is C22H32FN3O3. The first-order valence-electron chi connectivity index (χ1n) is 10.8. The minimum Gasteiger partial charge on any atom is -0.492 e. The summed E-state index contributed by atoms with van der Waals surface area (Å²) in [5, 5.41) is 2.84. The van der Waals surface area contributed by atoms with Gasteiger partial charge in [-0.1, -0.05) is 19.3 Å². The van der Waals surface area contributed by atoms with Crippen molar-refractivity contribution in [3.8, 4) is 5.75 Å². The first kappa shape index (κ1) is 21.6. The smallest absolute Gasteiger partial charge is 0.234 e. The van der Waals surface area contributed by atoms with E-state index in [-0.39, 0.29) is 17.6 Å². The van der Waals surface area contributed by atoms with Crippen molar-refractivity contribution in [2.45, 2.75) is 38.5 Å². The first-order chi connectivity index (χ1) is 14.1. The van der Waals surface area contributed by atoms with Gasteiger partial charge in [-0.05, 0) is 43.0 Å². The Morgan fingerprint density at radius 3 is 2.41 bits per heavy atom. The molecule has 1 aromatic carbocycles. The van der Waals surface area contributed by atoms with Crippen LogP contribution in [0.15, 0.2) is 24.3 Å². The fraction of sp³-hybridized carbons (Fsp3) is 0.636. The van der Waals surface area contributed by atoms with Gasteiger partial charge in [-0.3, -0.25) is 14.5 Å². The maximum absolute atomic E-state index is 12.8. The fourth-order valence-corrected chi connectivity index (χ4v) is 4.07. The largest absolute Gasteiger partial charge is 0.492 e. The van der Waals surface area contributed by atoms with Crippen molar-refractivity contribution in [1.82, 2.24) is 15.1 Å². The van der Waals surface area contributed by atoms with E-state index in [0.717, 1.165) is 13.1 Å². The van der Waals surface area contributed by atoms with Gasteiger partial charge in [0.2, 0.25) is 11.8 Å². The van der Waals surface area contributed by atoms with Crippen molar-refractivity contribution in [2.75, 3.05) is 45.9 Å². The number of nitrogens with one attached hydrogen (secondary N) is 1. The zero-order chi connectivity index (χ0) is 20.5. The summed E-state index contributed by atoms with van der Waals surface area (Å²) in [7, 11) is 0. The van der Waals surface area contributed by atoms with Crippen LogP contribution >= 0.6 is 0 Å². The number of carbonyl (C=O) groups is 2. The monoisotopic (exact) mass is 405 g/mol. The van der Waals surface area contributed by atoms with E-state index in [2.05, 4.69) is 10.2 Å². The Labute approximate surface area is 172 Å². The highest BCUT2D eigenvalue weighted by Crippen LogP contribution is 2.27. The van der Waals surface area contributed by atoms with Crippen molar-refractivity contribution in [2.24, 2.45) is 5.92 Å². The number of piperazine rings is 1. The van der Waals surface area contributed by atoms with Crippen LogP contribution in [0.25, 0.3) is 0 Å². The highest BCUT2D eigenvalue weighted by atomic mass is 19.1. The second kappa shape index (κ2) is 11.1. The molecule has 2 fully saturated rings.